The van der Waals surface area contributed by atoms with E-state index in [1.54, 1.807) is 0 Å². The van der Waals surface area contributed by atoms with E-state index in [0.29, 0.717) is 6.61 Å². The van der Waals surface area contributed by atoms with Crippen molar-refractivity contribution < 1.29 is 18.6 Å². The van der Waals surface area contributed by atoms with Gasteiger partial charge in [-0.2, -0.15) is 0 Å². The predicted molar refractivity (Wildman–Crippen MR) is 59.5 cm³/mol. The summed E-state index contributed by atoms with van der Waals surface area (Å²) in [6.07, 6.45) is 0.409. The number of hydrogen-bond donors (Lipinski definition) is 1. The Bertz CT molecular complexity index is 391. The summed E-state index contributed by atoms with van der Waals surface area (Å²) in [4.78, 5) is 0. The van der Waals surface area contributed by atoms with Crippen molar-refractivity contribution in [2.24, 2.45) is 5.92 Å². The van der Waals surface area contributed by atoms with Gasteiger partial charge in [0.15, 0.2) is 0 Å². The number of rotatable bonds is 5. The first-order valence-electron chi connectivity index (χ1n) is 5.88. The second-order valence-electron chi connectivity index (χ2n) is 4.37. The van der Waals surface area contributed by atoms with Crippen LogP contribution < -0.4 is 0 Å². The molecule has 0 heterocycles. The molecule has 1 fully saturated rings. The van der Waals surface area contributed by atoms with Crippen molar-refractivity contribution in [1.82, 2.24) is 0 Å². The standard InChI is InChI=1S/C13H16F2O2/c1-2-17-13(8-3-4-8)12(16)10-7-9(14)5-6-11(10)15/h5-8,12-13,16H,2-4H2,1H3. The predicted octanol–water partition coefficient (Wildman–Crippen LogP) is 2.81. The molecule has 2 rings (SSSR count). The van der Waals surface area contributed by atoms with Gasteiger partial charge in [-0.25, -0.2) is 8.78 Å². The molecule has 4 heteroatoms. The minimum atomic E-state index is -1.10. The average molecular weight is 242 g/mol. The van der Waals surface area contributed by atoms with Crippen molar-refractivity contribution >= 4 is 0 Å². The fourth-order valence-corrected chi connectivity index (χ4v) is 2.02. The normalized spacial score (nSPS) is 19.1. The molecule has 0 aromatic heterocycles. The molecule has 94 valence electrons. The minimum Gasteiger partial charge on any atom is -0.386 e. The molecule has 1 aliphatic rings. The molecular weight excluding hydrogens is 226 g/mol. The van der Waals surface area contributed by atoms with Crippen molar-refractivity contribution in [3.8, 4) is 0 Å². The summed E-state index contributed by atoms with van der Waals surface area (Å²) in [5.74, 6) is -0.886. The molecule has 1 aliphatic carbocycles. The number of benzene rings is 1. The lowest BCUT2D eigenvalue weighted by Crippen LogP contribution is -2.25. The van der Waals surface area contributed by atoms with Gasteiger partial charge in [0.25, 0.3) is 0 Å². The monoisotopic (exact) mass is 242 g/mol. The molecule has 0 aliphatic heterocycles. The third kappa shape index (κ3) is 2.82. The lowest BCUT2D eigenvalue weighted by molar-refractivity contribution is -0.0475. The molecule has 1 aromatic carbocycles. The second kappa shape index (κ2) is 5.10. The molecule has 1 saturated carbocycles. The van der Waals surface area contributed by atoms with Gasteiger partial charge in [0, 0.05) is 12.2 Å². The third-order valence-corrected chi connectivity index (χ3v) is 3.03. The van der Waals surface area contributed by atoms with Crippen LogP contribution in [0.25, 0.3) is 0 Å². The highest BCUT2D eigenvalue weighted by Crippen LogP contribution is 2.40. The summed E-state index contributed by atoms with van der Waals surface area (Å²) in [5, 5.41) is 10.1. The van der Waals surface area contributed by atoms with E-state index in [9.17, 15) is 13.9 Å². The first-order chi connectivity index (χ1) is 8.13. The van der Waals surface area contributed by atoms with Crippen molar-refractivity contribution in [2.75, 3.05) is 6.61 Å². The van der Waals surface area contributed by atoms with Crippen LogP contribution in [0.2, 0.25) is 0 Å². The molecule has 2 unspecified atom stereocenters. The van der Waals surface area contributed by atoms with Crippen LogP contribution in [0.5, 0.6) is 0 Å². The summed E-state index contributed by atoms with van der Waals surface area (Å²) in [7, 11) is 0. The van der Waals surface area contributed by atoms with E-state index in [0.717, 1.165) is 31.0 Å². The van der Waals surface area contributed by atoms with E-state index in [1.165, 1.54) is 0 Å². The van der Waals surface area contributed by atoms with Crippen LogP contribution in [-0.4, -0.2) is 17.8 Å². The van der Waals surface area contributed by atoms with Gasteiger partial charge >= 0.3 is 0 Å². The molecule has 1 aromatic rings. The van der Waals surface area contributed by atoms with Gasteiger partial charge in [0.2, 0.25) is 0 Å². The lowest BCUT2D eigenvalue weighted by Gasteiger charge is -2.23. The molecule has 17 heavy (non-hydrogen) atoms. The fourth-order valence-electron chi connectivity index (χ4n) is 2.02. The highest BCUT2D eigenvalue weighted by molar-refractivity contribution is 5.22. The van der Waals surface area contributed by atoms with E-state index in [-0.39, 0.29) is 11.5 Å². The van der Waals surface area contributed by atoms with Gasteiger partial charge in [-0.3, -0.25) is 0 Å². The maximum Gasteiger partial charge on any atom is 0.129 e. The number of hydrogen-bond acceptors (Lipinski definition) is 2. The first-order valence-corrected chi connectivity index (χ1v) is 5.88. The van der Waals surface area contributed by atoms with E-state index in [2.05, 4.69) is 0 Å². The first kappa shape index (κ1) is 12.5. The summed E-state index contributed by atoms with van der Waals surface area (Å²) >= 11 is 0. The zero-order valence-electron chi connectivity index (χ0n) is 9.70. The Morgan fingerprint density at radius 2 is 2.12 bits per heavy atom. The maximum atomic E-state index is 13.5. The smallest absolute Gasteiger partial charge is 0.129 e. The van der Waals surface area contributed by atoms with E-state index < -0.39 is 23.8 Å². The Labute approximate surface area is 99.2 Å². The minimum absolute atomic E-state index is 0.0182. The molecule has 2 atom stereocenters. The van der Waals surface area contributed by atoms with Gasteiger partial charge in [0.05, 0.1) is 6.10 Å². The quantitative estimate of drug-likeness (QED) is 0.860. The summed E-state index contributed by atoms with van der Waals surface area (Å²) in [6.45, 7) is 2.28. The highest BCUT2D eigenvalue weighted by atomic mass is 19.1. The van der Waals surface area contributed by atoms with E-state index in [4.69, 9.17) is 4.74 Å². The van der Waals surface area contributed by atoms with Crippen molar-refractivity contribution in [3.05, 3.63) is 35.4 Å². The highest BCUT2D eigenvalue weighted by Gasteiger charge is 2.38. The number of halogens is 2. The van der Waals surface area contributed by atoms with Crippen LogP contribution in [0.1, 0.15) is 31.4 Å². The van der Waals surface area contributed by atoms with Gasteiger partial charge in [0.1, 0.15) is 17.7 Å². The Morgan fingerprint density at radius 3 is 2.71 bits per heavy atom. The zero-order valence-corrected chi connectivity index (χ0v) is 9.70. The zero-order chi connectivity index (χ0) is 12.4. The van der Waals surface area contributed by atoms with Gasteiger partial charge in [-0.1, -0.05) is 0 Å². The largest absolute Gasteiger partial charge is 0.386 e. The Kier molecular flexibility index (Phi) is 3.74. The van der Waals surface area contributed by atoms with Crippen molar-refractivity contribution in [1.29, 1.82) is 0 Å². The van der Waals surface area contributed by atoms with Crippen LogP contribution >= 0.6 is 0 Å². The summed E-state index contributed by atoms with van der Waals surface area (Å²) in [5.41, 5.74) is -0.0182. The third-order valence-electron chi connectivity index (χ3n) is 3.03. The number of aliphatic hydroxyl groups is 1. The van der Waals surface area contributed by atoms with Crippen LogP contribution in [0.15, 0.2) is 18.2 Å². The van der Waals surface area contributed by atoms with Crippen molar-refractivity contribution in [3.63, 3.8) is 0 Å². The number of aliphatic hydroxyl groups excluding tert-OH is 1. The van der Waals surface area contributed by atoms with Crippen LogP contribution in [0, 0.1) is 17.6 Å². The second-order valence-corrected chi connectivity index (χ2v) is 4.37. The molecule has 2 nitrogen and oxygen atoms in total. The molecule has 1 N–H and O–H groups in total. The van der Waals surface area contributed by atoms with Crippen molar-refractivity contribution in [2.45, 2.75) is 32.0 Å². The lowest BCUT2D eigenvalue weighted by atomic mass is 10.0. The summed E-state index contributed by atoms with van der Waals surface area (Å²) < 4.78 is 32.0. The van der Waals surface area contributed by atoms with Gasteiger partial charge in [-0.05, 0) is 43.9 Å². The topological polar surface area (TPSA) is 29.5 Å². The molecule has 0 radical (unpaired) electrons. The van der Waals surface area contributed by atoms with E-state index >= 15 is 0 Å². The van der Waals surface area contributed by atoms with Crippen LogP contribution in [-0.2, 0) is 4.74 Å². The fraction of sp³-hybridized carbons (Fsp3) is 0.538. The Hall–Kier alpha value is -1.00. The van der Waals surface area contributed by atoms with Crippen LogP contribution in [0.4, 0.5) is 8.78 Å². The molecule has 0 amide bonds. The van der Waals surface area contributed by atoms with Gasteiger partial charge < -0.3 is 9.84 Å². The average Bonchev–Trinajstić information content (AvgIpc) is 3.12. The Morgan fingerprint density at radius 1 is 1.41 bits per heavy atom. The molecule has 0 saturated heterocycles. The van der Waals surface area contributed by atoms with Gasteiger partial charge in [-0.15, -0.1) is 0 Å². The maximum absolute atomic E-state index is 13.5. The summed E-state index contributed by atoms with van der Waals surface area (Å²) in [6, 6.07) is 3.11. The molecule has 0 bridgehead atoms. The molecular formula is C13H16F2O2. The van der Waals surface area contributed by atoms with E-state index in [1.807, 2.05) is 6.92 Å². The van der Waals surface area contributed by atoms with Crippen LogP contribution in [0.3, 0.4) is 0 Å². The SMILES string of the molecule is CCOC(C1CC1)C(O)c1cc(F)ccc1F. The number of ether oxygens (including phenoxy) is 1. The molecule has 0 spiro atoms. The Balaban J connectivity index is 2.21.